The minimum Gasteiger partial charge on any atom is -0.301 e. The summed E-state index contributed by atoms with van der Waals surface area (Å²) in [7, 11) is 2.03. The number of hydrogen-bond donors (Lipinski definition) is 0. The van der Waals surface area contributed by atoms with Crippen LogP contribution in [0, 0.1) is 0 Å². The van der Waals surface area contributed by atoms with Crippen LogP contribution in [-0.2, 0) is 4.18 Å². The van der Waals surface area contributed by atoms with Gasteiger partial charge in [0, 0.05) is 6.54 Å². The van der Waals surface area contributed by atoms with Crippen molar-refractivity contribution in [2.24, 2.45) is 0 Å². The summed E-state index contributed by atoms with van der Waals surface area (Å²) in [6, 6.07) is 0. The van der Waals surface area contributed by atoms with Gasteiger partial charge in [-0.2, -0.15) is 0 Å². The molecule has 3 heteroatoms. The highest BCUT2D eigenvalue weighted by Crippen LogP contribution is 2.13. The van der Waals surface area contributed by atoms with E-state index in [-0.39, 0.29) is 0 Å². The highest BCUT2D eigenvalue weighted by molar-refractivity contribution is 7.92. The van der Waals surface area contributed by atoms with Crippen molar-refractivity contribution in [3.05, 3.63) is 0 Å². The minimum absolute atomic E-state index is 0.912. The molecular formula is C4H9NOS. The van der Waals surface area contributed by atoms with Crippen molar-refractivity contribution in [2.75, 3.05) is 20.2 Å². The Kier molecular flexibility index (Phi) is 1.97. The quantitative estimate of drug-likeness (QED) is 0.347. The molecule has 1 rings (SSSR count). The van der Waals surface area contributed by atoms with Gasteiger partial charge < -0.3 is 4.18 Å². The van der Waals surface area contributed by atoms with Crippen LogP contribution in [0.25, 0.3) is 0 Å². The summed E-state index contributed by atoms with van der Waals surface area (Å²) < 4.78 is 7.11. The topological polar surface area (TPSA) is 12.5 Å². The van der Waals surface area contributed by atoms with Gasteiger partial charge in [-0.1, -0.05) is 0 Å². The van der Waals surface area contributed by atoms with Crippen LogP contribution in [0.2, 0.25) is 0 Å². The lowest BCUT2D eigenvalue weighted by atomic mass is 10.5. The van der Waals surface area contributed by atoms with Gasteiger partial charge in [0.05, 0.1) is 18.8 Å². The van der Waals surface area contributed by atoms with Gasteiger partial charge in [-0.25, -0.2) is 4.31 Å². The maximum Gasteiger partial charge on any atom is 0.0816 e. The van der Waals surface area contributed by atoms with E-state index in [2.05, 4.69) is 4.31 Å². The molecule has 42 valence electrons. The zero-order chi connectivity index (χ0) is 5.11. The van der Waals surface area contributed by atoms with Crippen molar-refractivity contribution in [3.8, 4) is 0 Å². The Morgan fingerprint density at radius 2 is 2.57 bits per heavy atom. The molecule has 0 bridgehead atoms. The molecule has 0 spiro atoms. The Morgan fingerprint density at radius 1 is 1.71 bits per heavy atom. The maximum absolute atomic E-state index is 5.02. The van der Waals surface area contributed by atoms with Crippen molar-refractivity contribution in [1.82, 2.24) is 4.31 Å². The van der Waals surface area contributed by atoms with E-state index in [1.54, 1.807) is 0 Å². The molecule has 0 atom stereocenters. The van der Waals surface area contributed by atoms with Gasteiger partial charge in [-0.05, 0) is 13.5 Å². The molecular weight excluding hydrogens is 110 g/mol. The summed E-state index contributed by atoms with van der Waals surface area (Å²) in [4.78, 5) is 0. The first kappa shape index (κ1) is 5.41. The summed E-state index contributed by atoms with van der Waals surface area (Å²) in [5.74, 6) is 0. The fourth-order valence-electron chi connectivity index (χ4n) is 0.511. The van der Waals surface area contributed by atoms with Gasteiger partial charge in [-0.15, -0.1) is 0 Å². The Balaban J connectivity index is 2.12. The Morgan fingerprint density at radius 3 is 2.86 bits per heavy atom. The summed E-state index contributed by atoms with van der Waals surface area (Å²) in [6.07, 6.45) is 1.17. The van der Waals surface area contributed by atoms with Crippen molar-refractivity contribution < 1.29 is 4.18 Å². The van der Waals surface area contributed by atoms with Crippen LogP contribution in [-0.4, -0.2) is 24.5 Å². The maximum atomic E-state index is 5.02. The standard InChI is InChI=1S/C4H9NOS/c1-5-3-2-4-6-7-5/h2-4H2,1H3. The zero-order valence-corrected chi connectivity index (χ0v) is 5.20. The van der Waals surface area contributed by atoms with E-state index in [1.165, 1.54) is 18.6 Å². The van der Waals surface area contributed by atoms with E-state index in [0.717, 1.165) is 13.2 Å². The molecule has 0 aromatic rings. The normalized spacial score (nSPS) is 25.3. The Hall–Kier alpha value is 0.270. The lowest BCUT2D eigenvalue weighted by Crippen LogP contribution is -2.17. The average molecular weight is 119 g/mol. The molecule has 0 unspecified atom stereocenters. The molecule has 1 fully saturated rings. The van der Waals surface area contributed by atoms with Crippen LogP contribution in [0.15, 0.2) is 0 Å². The first-order chi connectivity index (χ1) is 3.39. The number of nitrogens with zero attached hydrogens (tertiary/aromatic N) is 1. The molecule has 0 amide bonds. The molecule has 1 aliphatic heterocycles. The Labute approximate surface area is 48.2 Å². The molecule has 0 aliphatic carbocycles. The molecule has 0 saturated carbocycles. The van der Waals surface area contributed by atoms with Crippen molar-refractivity contribution in [1.29, 1.82) is 0 Å². The van der Waals surface area contributed by atoms with Crippen molar-refractivity contribution in [3.63, 3.8) is 0 Å². The highest BCUT2D eigenvalue weighted by Gasteiger charge is 2.04. The number of rotatable bonds is 0. The second-order valence-corrected chi connectivity index (χ2v) is 2.61. The summed E-state index contributed by atoms with van der Waals surface area (Å²) in [5, 5.41) is 0. The van der Waals surface area contributed by atoms with Crippen LogP contribution < -0.4 is 0 Å². The van der Waals surface area contributed by atoms with Gasteiger partial charge >= 0.3 is 0 Å². The average Bonchev–Trinajstić information content (AvgIpc) is 1.69. The summed E-state index contributed by atoms with van der Waals surface area (Å²) >= 11 is 1.45. The molecule has 2 nitrogen and oxygen atoms in total. The van der Waals surface area contributed by atoms with E-state index in [1.807, 2.05) is 7.05 Å². The van der Waals surface area contributed by atoms with Crippen molar-refractivity contribution >= 4 is 12.2 Å². The fraction of sp³-hybridized carbons (Fsp3) is 1.00. The first-order valence-corrected chi connectivity index (χ1v) is 3.10. The second kappa shape index (κ2) is 2.55. The molecule has 0 aromatic heterocycles. The van der Waals surface area contributed by atoms with E-state index >= 15 is 0 Å². The summed E-state index contributed by atoms with van der Waals surface area (Å²) in [6.45, 7) is 2.07. The van der Waals surface area contributed by atoms with E-state index in [9.17, 15) is 0 Å². The lowest BCUT2D eigenvalue weighted by molar-refractivity contribution is 0.291. The largest absolute Gasteiger partial charge is 0.301 e. The highest BCUT2D eigenvalue weighted by atomic mass is 32.2. The van der Waals surface area contributed by atoms with Crippen LogP contribution in [0.3, 0.4) is 0 Å². The molecule has 0 N–H and O–H groups in total. The van der Waals surface area contributed by atoms with E-state index in [4.69, 9.17) is 4.18 Å². The van der Waals surface area contributed by atoms with Crippen LogP contribution >= 0.6 is 12.2 Å². The van der Waals surface area contributed by atoms with E-state index < -0.39 is 0 Å². The third kappa shape index (κ3) is 1.67. The fourth-order valence-corrected chi connectivity index (χ4v) is 1.09. The second-order valence-electron chi connectivity index (χ2n) is 1.60. The third-order valence-electron chi connectivity index (χ3n) is 0.881. The Bertz CT molecular complexity index is 53.7. The van der Waals surface area contributed by atoms with Gasteiger partial charge in [0.1, 0.15) is 0 Å². The van der Waals surface area contributed by atoms with E-state index in [0.29, 0.717) is 0 Å². The molecule has 1 saturated heterocycles. The first-order valence-electron chi connectivity index (χ1n) is 2.40. The van der Waals surface area contributed by atoms with Gasteiger partial charge in [0.15, 0.2) is 0 Å². The predicted molar refractivity (Wildman–Crippen MR) is 30.8 cm³/mol. The third-order valence-corrected chi connectivity index (χ3v) is 1.59. The molecule has 1 heterocycles. The molecule has 0 aromatic carbocycles. The van der Waals surface area contributed by atoms with Gasteiger partial charge in [0.25, 0.3) is 0 Å². The van der Waals surface area contributed by atoms with Gasteiger partial charge in [0.2, 0.25) is 0 Å². The SMILES string of the molecule is CN1CCCOS1. The molecule has 1 aliphatic rings. The van der Waals surface area contributed by atoms with Crippen LogP contribution in [0.1, 0.15) is 6.42 Å². The lowest BCUT2D eigenvalue weighted by Gasteiger charge is -2.18. The molecule has 7 heavy (non-hydrogen) atoms. The van der Waals surface area contributed by atoms with Crippen LogP contribution in [0.5, 0.6) is 0 Å². The smallest absolute Gasteiger partial charge is 0.0816 e. The van der Waals surface area contributed by atoms with Crippen LogP contribution in [0.4, 0.5) is 0 Å². The number of hydrogen-bond acceptors (Lipinski definition) is 3. The van der Waals surface area contributed by atoms with Crippen molar-refractivity contribution in [2.45, 2.75) is 6.42 Å². The predicted octanol–water partition coefficient (Wildman–Crippen LogP) is 0.902. The zero-order valence-electron chi connectivity index (χ0n) is 4.39. The molecule has 0 radical (unpaired) electrons. The minimum atomic E-state index is 0.912. The summed E-state index contributed by atoms with van der Waals surface area (Å²) in [5.41, 5.74) is 0. The monoisotopic (exact) mass is 119 g/mol. The van der Waals surface area contributed by atoms with Gasteiger partial charge in [-0.3, -0.25) is 0 Å².